The Morgan fingerprint density at radius 1 is 1.18 bits per heavy atom. The minimum absolute atomic E-state index is 0.238. The number of piperidine rings is 2. The number of amides is 1. The molecule has 4 heteroatoms. The van der Waals surface area contributed by atoms with E-state index in [0.29, 0.717) is 13.1 Å². The van der Waals surface area contributed by atoms with Crippen LogP contribution in [0.1, 0.15) is 39.0 Å². The van der Waals surface area contributed by atoms with Gasteiger partial charge in [0, 0.05) is 19.6 Å². The minimum Gasteiger partial charge on any atom is -0.389 e. The van der Waals surface area contributed by atoms with E-state index in [1.807, 2.05) is 11.8 Å². The van der Waals surface area contributed by atoms with E-state index < -0.39 is 5.60 Å². The molecule has 0 saturated carbocycles. The summed E-state index contributed by atoms with van der Waals surface area (Å²) in [6.07, 6.45) is 5.37. The van der Waals surface area contributed by atoms with Crippen molar-refractivity contribution in [3.05, 3.63) is 0 Å². The van der Waals surface area contributed by atoms with Crippen LogP contribution >= 0.6 is 0 Å². The summed E-state index contributed by atoms with van der Waals surface area (Å²) in [5.74, 6) is 0.238. The van der Waals surface area contributed by atoms with E-state index in [-0.39, 0.29) is 5.91 Å². The lowest BCUT2D eigenvalue weighted by Gasteiger charge is -2.37. The Morgan fingerprint density at radius 2 is 1.88 bits per heavy atom. The van der Waals surface area contributed by atoms with Gasteiger partial charge in [-0.1, -0.05) is 0 Å². The lowest BCUT2D eigenvalue weighted by molar-refractivity contribution is -0.134. The van der Waals surface area contributed by atoms with Gasteiger partial charge in [-0.25, -0.2) is 0 Å². The molecule has 4 nitrogen and oxygen atoms in total. The second-order valence-electron chi connectivity index (χ2n) is 5.75. The molecule has 0 bridgehead atoms. The van der Waals surface area contributed by atoms with Crippen LogP contribution in [0.3, 0.4) is 0 Å². The molecule has 2 saturated heterocycles. The quantitative estimate of drug-likeness (QED) is 0.778. The Labute approximate surface area is 104 Å². The van der Waals surface area contributed by atoms with Crippen molar-refractivity contribution < 1.29 is 9.90 Å². The number of carbonyl (C=O) groups excluding carboxylic acids is 1. The van der Waals surface area contributed by atoms with Gasteiger partial charge >= 0.3 is 0 Å². The summed E-state index contributed by atoms with van der Waals surface area (Å²) < 4.78 is 0. The first-order valence-corrected chi connectivity index (χ1v) is 6.79. The van der Waals surface area contributed by atoms with E-state index in [9.17, 15) is 9.90 Å². The summed E-state index contributed by atoms with van der Waals surface area (Å²) in [4.78, 5) is 16.2. The van der Waals surface area contributed by atoms with Crippen molar-refractivity contribution in [2.45, 2.75) is 44.6 Å². The molecule has 2 fully saturated rings. The molecule has 1 amide bonds. The molecule has 1 atom stereocenters. The third-order valence-corrected chi connectivity index (χ3v) is 3.82. The molecule has 0 aliphatic carbocycles. The van der Waals surface area contributed by atoms with Crippen LogP contribution in [0.25, 0.3) is 0 Å². The number of hydrogen-bond acceptors (Lipinski definition) is 3. The third-order valence-electron chi connectivity index (χ3n) is 3.82. The fourth-order valence-corrected chi connectivity index (χ4v) is 2.89. The number of aliphatic hydroxyl groups is 1. The van der Waals surface area contributed by atoms with Crippen LogP contribution in [0.2, 0.25) is 0 Å². The lowest BCUT2D eigenvalue weighted by Crippen LogP contribution is -2.50. The van der Waals surface area contributed by atoms with Crippen molar-refractivity contribution in [1.82, 2.24) is 9.80 Å². The van der Waals surface area contributed by atoms with Crippen molar-refractivity contribution in [3.8, 4) is 0 Å². The zero-order chi connectivity index (χ0) is 12.3. The average molecular weight is 240 g/mol. The smallest absolute Gasteiger partial charge is 0.236 e. The molecule has 17 heavy (non-hydrogen) atoms. The van der Waals surface area contributed by atoms with E-state index in [1.54, 1.807) is 0 Å². The van der Waals surface area contributed by atoms with Gasteiger partial charge in [0.1, 0.15) is 0 Å². The zero-order valence-electron chi connectivity index (χ0n) is 10.8. The Kier molecular flexibility index (Phi) is 4.05. The topological polar surface area (TPSA) is 43.8 Å². The summed E-state index contributed by atoms with van der Waals surface area (Å²) in [6, 6.07) is 0. The van der Waals surface area contributed by atoms with Gasteiger partial charge in [0.05, 0.1) is 12.1 Å². The van der Waals surface area contributed by atoms with E-state index in [0.717, 1.165) is 45.3 Å². The van der Waals surface area contributed by atoms with Crippen molar-refractivity contribution in [2.75, 3.05) is 32.7 Å². The maximum Gasteiger partial charge on any atom is 0.236 e. The van der Waals surface area contributed by atoms with Crippen LogP contribution in [0, 0.1) is 0 Å². The number of carbonyl (C=O) groups is 1. The molecule has 2 aliphatic heterocycles. The Morgan fingerprint density at radius 3 is 2.53 bits per heavy atom. The Bertz CT molecular complexity index is 273. The molecule has 0 radical (unpaired) electrons. The number of nitrogens with zero attached hydrogens (tertiary/aromatic N) is 2. The maximum atomic E-state index is 12.1. The molecule has 2 rings (SSSR count). The van der Waals surface area contributed by atoms with E-state index >= 15 is 0 Å². The molecule has 2 heterocycles. The highest BCUT2D eigenvalue weighted by molar-refractivity contribution is 5.78. The van der Waals surface area contributed by atoms with Crippen molar-refractivity contribution in [1.29, 1.82) is 0 Å². The number of likely N-dealkylation sites (tertiary alicyclic amines) is 2. The normalized spacial score (nSPS) is 31.5. The fourth-order valence-electron chi connectivity index (χ4n) is 2.89. The van der Waals surface area contributed by atoms with E-state index in [4.69, 9.17) is 0 Å². The van der Waals surface area contributed by atoms with Gasteiger partial charge in [-0.3, -0.25) is 9.69 Å². The van der Waals surface area contributed by atoms with Crippen molar-refractivity contribution in [2.24, 2.45) is 0 Å². The zero-order valence-corrected chi connectivity index (χ0v) is 10.8. The largest absolute Gasteiger partial charge is 0.389 e. The predicted molar refractivity (Wildman–Crippen MR) is 66.7 cm³/mol. The summed E-state index contributed by atoms with van der Waals surface area (Å²) in [5.41, 5.74) is -0.611. The van der Waals surface area contributed by atoms with Gasteiger partial charge in [-0.05, 0) is 45.6 Å². The second-order valence-corrected chi connectivity index (χ2v) is 5.75. The first-order chi connectivity index (χ1) is 8.07. The Hall–Kier alpha value is -0.610. The van der Waals surface area contributed by atoms with Crippen LogP contribution in [-0.4, -0.2) is 59.1 Å². The maximum absolute atomic E-state index is 12.1. The standard InChI is InChI=1S/C13H24N2O2/c1-13(17)6-5-7-14(11-13)10-12(16)15-8-3-2-4-9-15/h17H,2-11H2,1H3. The van der Waals surface area contributed by atoms with Gasteiger partial charge in [-0.2, -0.15) is 0 Å². The van der Waals surface area contributed by atoms with E-state index in [1.165, 1.54) is 6.42 Å². The highest BCUT2D eigenvalue weighted by atomic mass is 16.3. The summed E-state index contributed by atoms with van der Waals surface area (Å²) in [5, 5.41) is 10.0. The second kappa shape index (κ2) is 5.36. The van der Waals surface area contributed by atoms with Crippen LogP contribution in [-0.2, 0) is 4.79 Å². The van der Waals surface area contributed by atoms with Gasteiger partial charge < -0.3 is 10.0 Å². The number of rotatable bonds is 2. The first-order valence-electron chi connectivity index (χ1n) is 6.79. The van der Waals surface area contributed by atoms with Crippen LogP contribution in [0.5, 0.6) is 0 Å². The molecule has 0 aromatic carbocycles. The first kappa shape index (κ1) is 12.8. The van der Waals surface area contributed by atoms with Gasteiger partial charge in [0.15, 0.2) is 0 Å². The number of β-amino-alcohol motifs (C(OH)–C–C–N with tert-alkyl or cyclic N) is 1. The molecule has 1 N–H and O–H groups in total. The Balaban J connectivity index is 1.81. The fraction of sp³-hybridized carbons (Fsp3) is 0.923. The minimum atomic E-state index is -0.611. The SMILES string of the molecule is CC1(O)CCCN(CC(=O)N2CCCCC2)C1. The summed E-state index contributed by atoms with van der Waals surface area (Å²) in [7, 11) is 0. The third kappa shape index (κ3) is 3.68. The van der Waals surface area contributed by atoms with Crippen LogP contribution < -0.4 is 0 Å². The lowest BCUT2D eigenvalue weighted by atomic mass is 9.95. The molecular formula is C13H24N2O2. The monoisotopic (exact) mass is 240 g/mol. The number of hydrogen-bond donors (Lipinski definition) is 1. The van der Waals surface area contributed by atoms with Gasteiger partial charge in [0.2, 0.25) is 5.91 Å². The van der Waals surface area contributed by atoms with Gasteiger partial charge in [0.25, 0.3) is 0 Å². The van der Waals surface area contributed by atoms with Gasteiger partial charge in [-0.15, -0.1) is 0 Å². The molecule has 98 valence electrons. The molecule has 0 spiro atoms. The highest BCUT2D eigenvalue weighted by Gasteiger charge is 2.30. The van der Waals surface area contributed by atoms with Crippen LogP contribution in [0.4, 0.5) is 0 Å². The average Bonchev–Trinajstić information content (AvgIpc) is 2.29. The molecule has 2 aliphatic rings. The van der Waals surface area contributed by atoms with Crippen molar-refractivity contribution >= 4 is 5.91 Å². The molecular weight excluding hydrogens is 216 g/mol. The van der Waals surface area contributed by atoms with Crippen molar-refractivity contribution in [3.63, 3.8) is 0 Å². The predicted octanol–water partition coefficient (Wildman–Crippen LogP) is 0.846. The summed E-state index contributed by atoms with van der Waals surface area (Å²) in [6.45, 7) is 5.76. The molecule has 0 aromatic rings. The molecule has 1 unspecified atom stereocenters. The van der Waals surface area contributed by atoms with Crippen LogP contribution in [0.15, 0.2) is 0 Å². The van der Waals surface area contributed by atoms with E-state index in [2.05, 4.69) is 4.90 Å². The molecule has 0 aromatic heterocycles. The summed E-state index contributed by atoms with van der Waals surface area (Å²) >= 11 is 0. The highest BCUT2D eigenvalue weighted by Crippen LogP contribution is 2.20.